The number of carbonyl (C=O) groups excluding carboxylic acids is 1. The van der Waals surface area contributed by atoms with Gasteiger partial charge in [0.15, 0.2) is 0 Å². The van der Waals surface area contributed by atoms with Crippen LogP contribution in [0.1, 0.15) is 10.4 Å². The molecular weight excluding hydrogens is 274 g/mol. The molecule has 2 N–H and O–H groups in total. The third kappa shape index (κ3) is 3.65. The average molecular weight is 295 g/mol. The van der Waals surface area contributed by atoms with Gasteiger partial charge in [-0.15, -0.1) is 0 Å². The molecule has 0 bridgehead atoms. The van der Waals surface area contributed by atoms with Crippen molar-refractivity contribution in [2.24, 2.45) is 0 Å². The number of benzene rings is 2. The molecule has 0 spiro atoms. The van der Waals surface area contributed by atoms with Gasteiger partial charge in [0.05, 0.1) is 0 Å². The van der Waals surface area contributed by atoms with E-state index in [1.54, 1.807) is 0 Å². The van der Waals surface area contributed by atoms with E-state index < -0.39 is 0 Å². The first-order valence-corrected chi connectivity index (χ1v) is 7.69. The molecule has 22 heavy (non-hydrogen) atoms. The second kappa shape index (κ2) is 7.09. The van der Waals surface area contributed by atoms with Crippen molar-refractivity contribution in [3.63, 3.8) is 0 Å². The second-order valence-corrected chi connectivity index (χ2v) is 5.51. The average Bonchev–Trinajstić information content (AvgIpc) is 2.61. The van der Waals surface area contributed by atoms with E-state index in [9.17, 15) is 4.79 Å². The van der Waals surface area contributed by atoms with Crippen LogP contribution < -0.4 is 15.5 Å². The van der Waals surface area contributed by atoms with Gasteiger partial charge in [-0.2, -0.15) is 0 Å². The van der Waals surface area contributed by atoms with Crippen molar-refractivity contribution in [3.8, 4) is 0 Å². The first-order chi connectivity index (χ1) is 10.8. The Morgan fingerprint density at radius 2 is 1.77 bits per heavy atom. The van der Waals surface area contributed by atoms with E-state index in [-0.39, 0.29) is 11.9 Å². The highest BCUT2D eigenvalue weighted by Crippen LogP contribution is 2.14. The zero-order valence-electron chi connectivity index (χ0n) is 12.5. The van der Waals surface area contributed by atoms with E-state index in [1.165, 1.54) is 5.69 Å². The van der Waals surface area contributed by atoms with E-state index in [4.69, 9.17) is 0 Å². The first kappa shape index (κ1) is 14.6. The lowest BCUT2D eigenvalue weighted by molar-refractivity contribution is 0.0949. The molecule has 0 aromatic heterocycles. The SMILES string of the molecule is O=C(NC[C@@H]1CN(c2ccccc2)CCN1)c1ccccc1. The third-order valence-corrected chi connectivity index (χ3v) is 3.92. The molecule has 1 atom stereocenters. The standard InChI is InChI=1S/C18H21N3O/c22-18(15-7-3-1-4-8-15)20-13-16-14-21(12-11-19-16)17-9-5-2-6-10-17/h1-10,16,19H,11-14H2,(H,20,22)/t16-/m1/s1. The van der Waals surface area contributed by atoms with E-state index in [0.29, 0.717) is 12.1 Å². The topological polar surface area (TPSA) is 44.4 Å². The van der Waals surface area contributed by atoms with Crippen LogP contribution >= 0.6 is 0 Å². The smallest absolute Gasteiger partial charge is 0.251 e. The maximum Gasteiger partial charge on any atom is 0.251 e. The Labute approximate surface area is 131 Å². The summed E-state index contributed by atoms with van der Waals surface area (Å²) in [5, 5.41) is 6.48. The van der Waals surface area contributed by atoms with E-state index >= 15 is 0 Å². The number of nitrogens with zero attached hydrogens (tertiary/aromatic N) is 1. The molecule has 3 rings (SSSR count). The summed E-state index contributed by atoms with van der Waals surface area (Å²) in [6, 6.07) is 20.0. The molecule has 1 aliphatic heterocycles. The minimum absolute atomic E-state index is 0.0146. The summed E-state index contributed by atoms with van der Waals surface area (Å²) in [5.74, 6) is -0.0146. The van der Waals surface area contributed by atoms with Crippen LogP contribution in [0.15, 0.2) is 60.7 Å². The number of nitrogens with one attached hydrogen (secondary N) is 2. The fraction of sp³-hybridized carbons (Fsp3) is 0.278. The summed E-state index contributed by atoms with van der Waals surface area (Å²) in [6.45, 7) is 3.46. The van der Waals surface area contributed by atoms with Crippen molar-refractivity contribution in [2.75, 3.05) is 31.1 Å². The van der Waals surface area contributed by atoms with Crippen LogP contribution in [0, 0.1) is 0 Å². The number of carbonyl (C=O) groups is 1. The van der Waals surface area contributed by atoms with Crippen LogP contribution in [0.2, 0.25) is 0 Å². The van der Waals surface area contributed by atoms with Crippen LogP contribution in [0.5, 0.6) is 0 Å². The van der Waals surface area contributed by atoms with Gasteiger partial charge in [0.1, 0.15) is 0 Å². The number of piperazine rings is 1. The Morgan fingerprint density at radius 3 is 2.50 bits per heavy atom. The predicted molar refractivity (Wildman–Crippen MR) is 89.2 cm³/mol. The lowest BCUT2D eigenvalue weighted by Gasteiger charge is -2.35. The van der Waals surface area contributed by atoms with Gasteiger partial charge in [0.25, 0.3) is 5.91 Å². The second-order valence-electron chi connectivity index (χ2n) is 5.51. The van der Waals surface area contributed by atoms with Gasteiger partial charge >= 0.3 is 0 Å². The number of hydrogen-bond donors (Lipinski definition) is 2. The van der Waals surface area contributed by atoms with Gasteiger partial charge in [-0.25, -0.2) is 0 Å². The minimum Gasteiger partial charge on any atom is -0.369 e. The molecule has 1 amide bonds. The van der Waals surface area contributed by atoms with Crippen molar-refractivity contribution < 1.29 is 4.79 Å². The molecule has 1 aliphatic rings. The van der Waals surface area contributed by atoms with Gasteiger partial charge in [-0.05, 0) is 24.3 Å². The number of hydrogen-bond acceptors (Lipinski definition) is 3. The summed E-state index contributed by atoms with van der Waals surface area (Å²) < 4.78 is 0. The van der Waals surface area contributed by atoms with Crippen LogP contribution in [-0.2, 0) is 0 Å². The summed E-state index contributed by atoms with van der Waals surface area (Å²) in [5.41, 5.74) is 1.95. The molecule has 0 saturated carbocycles. The van der Waals surface area contributed by atoms with E-state index in [1.807, 2.05) is 36.4 Å². The third-order valence-electron chi connectivity index (χ3n) is 3.92. The maximum atomic E-state index is 12.1. The molecule has 4 nitrogen and oxygen atoms in total. The Balaban J connectivity index is 1.54. The van der Waals surface area contributed by atoms with E-state index in [0.717, 1.165) is 19.6 Å². The molecule has 0 unspecified atom stereocenters. The zero-order chi connectivity index (χ0) is 15.2. The largest absolute Gasteiger partial charge is 0.369 e. The molecule has 1 saturated heterocycles. The number of anilines is 1. The lowest BCUT2D eigenvalue weighted by Crippen LogP contribution is -2.55. The molecule has 0 radical (unpaired) electrons. The van der Waals surface area contributed by atoms with Gasteiger partial charge in [-0.3, -0.25) is 4.79 Å². The highest BCUT2D eigenvalue weighted by atomic mass is 16.1. The van der Waals surface area contributed by atoms with Crippen LogP contribution in [0.4, 0.5) is 5.69 Å². The number of amides is 1. The molecule has 2 aromatic carbocycles. The van der Waals surface area contributed by atoms with Crippen molar-refractivity contribution in [1.82, 2.24) is 10.6 Å². The van der Waals surface area contributed by atoms with Crippen molar-refractivity contribution in [3.05, 3.63) is 66.2 Å². The summed E-state index contributed by atoms with van der Waals surface area (Å²) >= 11 is 0. The summed E-state index contributed by atoms with van der Waals surface area (Å²) in [4.78, 5) is 14.4. The van der Waals surface area contributed by atoms with Crippen molar-refractivity contribution in [2.45, 2.75) is 6.04 Å². The van der Waals surface area contributed by atoms with Crippen molar-refractivity contribution in [1.29, 1.82) is 0 Å². The quantitative estimate of drug-likeness (QED) is 0.905. The lowest BCUT2D eigenvalue weighted by atomic mass is 10.1. The molecule has 2 aromatic rings. The molecule has 1 heterocycles. The molecule has 4 heteroatoms. The number of rotatable bonds is 4. The van der Waals surface area contributed by atoms with Gasteiger partial charge in [0.2, 0.25) is 0 Å². The van der Waals surface area contributed by atoms with Crippen LogP contribution in [-0.4, -0.2) is 38.1 Å². The van der Waals surface area contributed by atoms with Gasteiger partial charge in [0, 0.05) is 43.5 Å². The number of para-hydroxylation sites is 1. The molecular formula is C18H21N3O. The zero-order valence-corrected chi connectivity index (χ0v) is 12.5. The fourth-order valence-corrected chi connectivity index (χ4v) is 2.74. The highest BCUT2D eigenvalue weighted by Gasteiger charge is 2.20. The predicted octanol–water partition coefficient (Wildman–Crippen LogP) is 1.89. The Bertz CT molecular complexity index is 600. The van der Waals surface area contributed by atoms with E-state index in [2.05, 4.69) is 39.8 Å². The monoisotopic (exact) mass is 295 g/mol. The van der Waals surface area contributed by atoms with Crippen molar-refractivity contribution >= 4 is 11.6 Å². The van der Waals surface area contributed by atoms with Gasteiger partial charge in [-0.1, -0.05) is 36.4 Å². The molecule has 0 aliphatic carbocycles. The Kier molecular flexibility index (Phi) is 4.71. The molecule has 1 fully saturated rings. The fourth-order valence-electron chi connectivity index (χ4n) is 2.74. The first-order valence-electron chi connectivity index (χ1n) is 7.69. The maximum absolute atomic E-state index is 12.1. The van der Waals surface area contributed by atoms with Crippen LogP contribution in [0.3, 0.4) is 0 Å². The van der Waals surface area contributed by atoms with Crippen LogP contribution in [0.25, 0.3) is 0 Å². The highest BCUT2D eigenvalue weighted by molar-refractivity contribution is 5.94. The van der Waals surface area contributed by atoms with Gasteiger partial charge < -0.3 is 15.5 Å². The Hall–Kier alpha value is -2.33. The minimum atomic E-state index is -0.0146. The molecule has 114 valence electrons. The summed E-state index contributed by atoms with van der Waals surface area (Å²) in [7, 11) is 0. The summed E-state index contributed by atoms with van der Waals surface area (Å²) in [6.07, 6.45) is 0. The Morgan fingerprint density at radius 1 is 1.09 bits per heavy atom. The normalized spacial score (nSPS) is 18.0.